The maximum absolute atomic E-state index is 9.85. The summed E-state index contributed by atoms with van der Waals surface area (Å²) in [6.07, 6.45) is 0.786. The van der Waals surface area contributed by atoms with Crippen LogP contribution in [0.15, 0.2) is 0 Å². The molecule has 3 atom stereocenters. The average molecular weight is 193 g/mol. The summed E-state index contributed by atoms with van der Waals surface area (Å²) in [4.78, 5) is 0. The highest BCUT2D eigenvalue weighted by Gasteiger charge is 2.39. The first kappa shape index (κ1) is 10.3. The lowest BCUT2D eigenvalue weighted by molar-refractivity contribution is -0.104. The lowest BCUT2D eigenvalue weighted by atomic mass is 9.87. The van der Waals surface area contributed by atoms with E-state index in [0.29, 0.717) is 18.9 Å². The van der Waals surface area contributed by atoms with E-state index in [2.05, 4.69) is 13.8 Å². The average Bonchev–Trinajstić information content (AvgIpc) is 1.94. The summed E-state index contributed by atoms with van der Waals surface area (Å²) in [5.41, 5.74) is -0.769. The van der Waals surface area contributed by atoms with Crippen molar-refractivity contribution in [2.75, 3.05) is 6.61 Å². The van der Waals surface area contributed by atoms with Gasteiger partial charge in [-0.2, -0.15) is 0 Å². The van der Waals surface area contributed by atoms with E-state index in [1.807, 2.05) is 0 Å². The van der Waals surface area contributed by atoms with Gasteiger partial charge in [-0.05, 0) is 12.8 Å². The van der Waals surface area contributed by atoms with Gasteiger partial charge in [0.25, 0.3) is 0 Å². The Bertz CT molecular complexity index is 157. The molecule has 1 fully saturated rings. The smallest absolute Gasteiger partial charge is 0.0855 e. The fourth-order valence-electron chi connectivity index (χ4n) is 1.41. The molecule has 3 heteroatoms. The molecule has 0 saturated carbocycles. The fraction of sp³-hybridized carbons (Fsp3) is 1.00. The molecule has 0 aromatic rings. The maximum atomic E-state index is 9.85. The molecule has 1 aliphatic rings. The van der Waals surface area contributed by atoms with Crippen LogP contribution in [-0.4, -0.2) is 28.8 Å². The van der Waals surface area contributed by atoms with E-state index in [4.69, 9.17) is 16.3 Å². The monoisotopic (exact) mass is 192 g/mol. The Labute approximate surface area is 78.9 Å². The van der Waals surface area contributed by atoms with Crippen molar-refractivity contribution in [1.29, 1.82) is 0 Å². The molecule has 1 rings (SSSR count). The molecule has 0 radical (unpaired) electrons. The lowest BCUT2D eigenvalue weighted by Crippen LogP contribution is -2.48. The number of hydrogen-bond donors (Lipinski definition) is 1. The van der Waals surface area contributed by atoms with E-state index in [1.165, 1.54) is 0 Å². The first-order valence-corrected chi connectivity index (χ1v) is 4.85. The van der Waals surface area contributed by atoms with Crippen molar-refractivity contribution in [3.63, 3.8) is 0 Å². The van der Waals surface area contributed by atoms with Crippen LogP contribution in [0.1, 0.15) is 27.2 Å². The Balaban J connectivity index is 2.57. The van der Waals surface area contributed by atoms with E-state index in [0.717, 1.165) is 0 Å². The molecule has 1 heterocycles. The first-order valence-electron chi connectivity index (χ1n) is 4.41. The van der Waals surface area contributed by atoms with Crippen LogP contribution in [-0.2, 0) is 4.74 Å². The molecule has 1 aliphatic heterocycles. The Morgan fingerprint density at radius 2 is 2.17 bits per heavy atom. The molecule has 0 aromatic heterocycles. The second kappa shape index (κ2) is 3.52. The summed E-state index contributed by atoms with van der Waals surface area (Å²) >= 11 is 5.90. The van der Waals surface area contributed by atoms with Crippen molar-refractivity contribution in [3.8, 4) is 0 Å². The third-order valence-corrected chi connectivity index (χ3v) is 3.09. The zero-order valence-corrected chi connectivity index (χ0v) is 8.64. The highest BCUT2D eigenvalue weighted by molar-refractivity contribution is 6.21. The van der Waals surface area contributed by atoms with Crippen molar-refractivity contribution >= 4 is 11.6 Å². The highest BCUT2D eigenvalue weighted by atomic mass is 35.5. The number of aliphatic hydroxyl groups is 1. The van der Waals surface area contributed by atoms with Gasteiger partial charge in [0.15, 0.2) is 0 Å². The van der Waals surface area contributed by atoms with Gasteiger partial charge in [0, 0.05) is 6.42 Å². The minimum Gasteiger partial charge on any atom is -0.388 e. The maximum Gasteiger partial charge on any atom is 0.0855 e. The number of halogens is 1. The summed E-state index contributed by atoms with van der Waals surface area (Å²) in [5, 5.41) is 9.58. The van der Waals surface area contributed by atoms with Crippen LogP contribution in [0.3, 0.4) is 0 Å². The number of rotatable bonds is 1. The summed E-state index contributed by atoms with van der Waals surface area (Å²) < 4.78 is 5.50. The van der Waals surface area contributed by atoms with Gasteiger partial charge in [0.1, 0.15) is 0 Å². The molecule has 1 N–H and O–H groups in total. The standard InChI is InChI=1S/C9H17ClO2/c1-6(2)7-4-9(3,11)8(10)5-12-7/h6-8,11H,4-5H2,1-3H3/t7?,8-,9+/m0/s1. The van der Waals surface area contributed by atoms with Crippen LogP contribution in [0.4, 0.5) is 0 Å². The SMILES string of the molecule is CC(C)C1C[C@@](C)(O)[C@@H](Cl)CO1. The summed E-state index contributed by atoms with van der Waals surface area (Å²) in [5.74, 6) is 0.445. The minimum absolute atomic E-state index is 0.148. The van der Waals surface area contributed by atoms with Gasteiger partial charge < -0.3 is 9.84 Å². The number of ether oxygens (including phenoxy) is 1. The van der Waals surface area contributed by atoms with Gasteiger partial charge >= 0.3 is 0 Å². The van der Waals surface area contributed by atoms with E-state index >= 15 is 0 Å². The zero-order chi connectivity index (χ0) is 9.35. The normalized spacial score (nSPS) is 43.5. The molecule has 1 saturated heterocycles. The van der Waals surface area contributed by atoms with Crippen LogP contribution in [0.2, 0.25) is 0 Å². The topological polar surface area (TPSA) is 29.5 Å². The lowest BCUT2D eigenvalue weighted by Gasteiger charge is -2.39. The van der Waals surface area contributed by atoms with Gasteiger partial charge in [-0.1, -0.05) is 13.8 Å². The number of hydrogen-bond acceptors (Lipinski definition) is 2. The largest absolute Gasteiger partial charge is 0.388 e. The van der Waals surface area contributed by atoms with Gasteiger partial charge in [0.2, 0.25) is 0 Å². The molecule has 0 amide bonds. The van der Waals surface area contributed by atoms with Crippen molar-refractivity contribution < 1.29 is 9.84 Å². The third-order valence-electron chi connectivity index (χ3n) is 2.49. The minimum atomic E-state index is -0.769. The van der Waals surface area contributed by atoms with Gasteiger partial charge in [0.05, 0.1) is 23.7 Å². The second-order valence-electron chi connectivity index (χ2n) is 4.14. The molecule has 0 aromatic carbocycles. The first-order chi connectivity index (χ1) is 5.43. The molecule has 12 heavy (non-hydrogen) atoms. The molecule has 0 aliphatic carbocycles. The summed E-state index contributed by atoms with van der Waals surface area (Å²) in [6, 6.07) is 0. The van der Waals surface area contributed by atoms with E-state index in [-0.39, 0.29) is 11.5 Å². The van der Waals surface area contributed by atoms with Crippen molar-refractivity contribution in [2.45, 2.75) is 44.3 Å². The van der Waals surface area contributed by atoms with Gasteiger partial charge in [-0.15, -0.1) is 11.6 Å². The van der Waals surface area contributed by atoms with Crippen LogP contribution in [0.25, 0.3) is 0 Å². The molecule has 0 bridgehead atoms. The molecular weight excluding hydrogens is 176 g/mol. The Morgan fingerprint density at radius 3 is 2.58 bits per heavy atom. The van der Waals surface area contributed by atoms with Crippen molar-refractivity contribution in [2.24, 2.45) is 5.92 Å². The summed E-state index contributed by atoms with van der Waals surface area (Å²) in [6.45, 7) is 6.42. The predicted octanol–water partition coefficient (Wildman–Crippen LogP) is 1.79. The van der Waals surface area contributed by atoms with Crippen molar-refractivity contribution in [3.05, 3.63) is 0 Å². The van der Waals surface area contributed by atoms with Crippen molar-refractivity contribution in [1.82, 2.24) is 0 Å². The third kappa shape index (κ3) is 2.12. The fourth-order valence-corrected chi connectivity index (χ4v) is 1.57. The molecular formula is C9H17ClO2. The van der Waals surface area contributed by atoms with Crippen LogP contribution in [0, 0.1) is 5.92 Å². The molecule has 1 unspecified atom stereocenters. The van der Waals surface area contributed by atoms with E-state index in [9.17, 15) is 5.11 Å². The Kier molecular flexibility index (Phi) is 3.02. The molecule has 2 nitrogen and oxygen atoms in total. The van der Waals surface area contributed by atoms with Crippen LogP contribution >= 0.6 is 11.6 Å². The van der Waals surface area contributed by atoms with Gasteiger partial charge in [-0.3, -0.25) is 0 Å². The highest BCUT2D eigenvalue weighted by Crippen LogP contribution is 2.31. The van der Waals surface area contributed by atoms with Gasteiger partial charge in [-0.25, -0.2) is 0 Å². The van der Waals surface area contributed by atoms with E-state index in [1.54, 1.807) is 6.92 Å². The Hall–Kier alpha value is 0.210. The molecule has 72 valence electrons. The second-order valence-corrected chi connectivity index (χ2v) is 4.67. The Morgan fingerprint density at radius 1 is 1.58 bits per heavy atom. The zero-order valence-electron chi connectivity index (χ0n) is 7.88. The van der Waals surface area contributed by atoms with Crippen LogP contribution < -0.4 is 0 Å². The van der Waals surface area contributed by atoms with E-state index < -0.39 is 5.60 Å². The number of alkyl halides is 1. The predicted molar refractivity (Wildman–Crippen MR) is 49.5 cm³/mol. The summed E-state index contributed by atoms with van der Waals surface area (Å²) in [7, 11) is 0. The van der Waals surface area contributed by atoms with Crippen LogP contribution in [0.5, 0.6) is 0 Å². The quantitative estimate of drug-likeness (QED) is 0.642. The molecule has 0 spiro atoms.